The van der Waals surface area contributed by atoms with E-state index in [4.69, 9.17) is 14.2 Å². The van der Waals surface area contributed by atoms with Crippen molar-refractivity contribution in [3.05, 3.63) is 64.7 Å². The highest BCUT2D eigenvalue weighted by atomic mass is 16.5. The number of hydrogen-bond acceptors (Lipinski definition) is 4. The molecule has 0 heterocycles. The van der Waals surface area contributed by atoms with Crippen molar-refractivity contribution in [3.8, 4) is 5.75 Å². The van der Waals surface area contributed by atoms with Crippen LogP contribution < -0.4 is 4.74 Å². The van der Waals surface area contributed by atoms with Crippen LogP contribution in [0.15, 0.2) is 42.5 Å². The lowest BCUT2D eigenvalue weighted by Gasteiger charge is -2.50. The van der Waals surface area contributed by atoms with E-state index in [0.29, 0.717) is 30.5 Å². The molecular formula is C33H42O4. The number of carbonyl (C=O) groups is 1. The lowest BCUT2D eigenvalue weighted by atomic mass is 9.55. The zero-order valence-electron chi connectivity index (χ0n) is 23.1. The number of fused-ring (bicyclic) bond motifs is 5. The highest BCUT2D eigenvalue weighted by Crippen LogP contribution is 2.69. The van der Waals surface area contributed by atoms with Crippen LogP contribution >= 0.6 is 0 Å². The van der Waals surface area contributed by atoms with Crippen LogP contribution in [0.1, 0.15) is 87.0 Å². The molecule has 3 unspecified atom stereocenters. The van der Waals surface area contributed by atoms with Crippen molar-refractivity contribution in [1.29, 1.82) is 0 Å². The smallest absolute Gasteiger partial charge is 0.317 e. The van der Waals surface area contributed by atoms with Gasteiger partial charge in [0.05, 0.1) is 19.8 Å². The van der Waals surface area contributed by atoms with Crippen LogP contribution in [0.3, 0.4) is 0 Å². The number of methoxy groups -OCH3 is 2. The van der Waals surface area contributed by atoms with Crippen molar-refractivity contribution in [2.45, 2.75) is 82.7 Å². The Bertz CT molecular complexity index is 1170. The fraction of sp³-hybridized carbons (Fsp3) is 0.606. The first kappa shape index (κ1) is 25.0. The Kier molecular flexibility index (Phi) is 6.18. The molecule has 198 valence electrons. The van der Waals surface area contributed by atoms with Crippen molar-refractivity contribution < 1.29 is 19.0 Å². The number of hydrogen-bond donors (Lipinski definition) is 0. The molecule has 0 bridgehead atoms. The van der Waals surface area contributed by atoms with Gasteiger partial charge in [-0.05, 0) is 97.3 Å². The molecule has 0 N–H and O–H groups in total. The van der Waals surface area contributed by atoms with E-state index in [1.54, 1.807) is 7.11 Å². The third-order valence-electron chi connectivity index (χ3n) is 11.1. The lowest BCUT2D eigenvalue weighted by Crippen LogP contribution is -2.44. The van der Waals surface area contributed by atoms with Gasteiger partial charge in [0, 0.05) is 18.6 Å². The molecule has 0 spiro atoms. The maximum atomic E-state index is 13.8. The third-order valence-corrected chi connectivity index (χ3v) is 11.1. The molecule has 8 atom stereocenters. The summed E-state index contributed by atoms with van der Waals surface area (Å²) in [5.74, 6) is 2.91. The highest BCUT2D eigenvalue weighted by Gasteiger charge is 2.70. The Morgan fingerprint density at radius 2 is 1.84 bits per heavy atom. The minimum absolute atomic E-state index is 0.0889. The molecule has 3 fully saturated rings. The molecule has 0 aliphatic heterocycles. The summed E-state index contributed by atoms with van der Waals surface area (Å²) in [4.78, 5) is 13.8. The molecule has 2 aromatic carbocycles. The second-order valence-electron chi connectivity index (χ2n) is 12.3. The minimum Gasteiger partial charge on any atom is -0.496 e. The number of esters is 1. The van der Waals surface area contributed by atoms with E-state index >= 15 is 0 Å². The number of benzene rings is 2. The summed E-state index contributed by atoms with van der Waals surface area (Å²) in [7, 11) is 3.64. The Labute approximate surface area is 222 Å². The monoisotopic (exact) mass is 502 g/mol. The molecular weight excluding hydrogens is 460 g/mol. The second-order valence-corrected chi connectivity index (χ2v) is 12.3. The van der Waals surface area contributed by atoms with Gasteiger partial charge < -0.3 is 14.2 Å². The lowest BCUT2D eigenvalue weighted by molar-refractivity contribution is -0.146. The molecule has 2 aromatic rings. The van der Waals surface area contributed by atoms with Crippen LogP contribution in [-0.4, -0.2) is 32.9 Å². The quantitative estimate of drug-likeness (QED) is 0.408. The minimum atomic E-state index is -0.706. The summed E-state index contributed by atoms with van der Waals surface area (Å²) in [6.45, 7) is 6.97. The first-order chi connectivity index (χ1) is 17.9. The first-order valence-electron chi connectivity index (χ1n) is 14.4. The van der Waals surface area contributed by atoms with Gasteiger partial charge in [-0.2, -0.15) is 0 Å². The van der Waals surface area contributed by atoms with Crippen LogP contribution in [0.2, 0.25) is 0 Å². The average molecular weight is 503 g/mol. The Hall–Kier alpha value is -2.33. The van der Waals surface area contributed by atoms with Gasteiger partial charge in [-0.15, -0.1) is 0 Å². The summed E-state index contributed by atoms with van der Waals surface area (Å²) >= 11 is 0. The number of ether oxygens (including phenoxy) is 3. The summed E-state index contributed by atoms with van der Waals surface area (Å²) in [5, 5.41) is 0. The fourth-order valence-electron chi connectivity index (χ4n) is 9.29. The maximum absolute atomic E-state index is 13.8. The molecule has 0 amide bonds. The van der Waals surface area contributed by atoms with Gasteiger partial charge in [0.25, 0.3) is 0 Å². The molecule has 4 nitrogen and oxygen atoms in total. The predicted molar refractivity (Wildman–Crippen MR) is 145 cm³/mol. The van der Waals surface area contributed by atoms with Gasteiger partial charge >= 0.3 is 5.97 Å². The summed E-state index contributed by atoms with van der Waals surface area (Å²) in [6.07, 6.45) is 7.57. The van der Waals surface area contributed by atoms with E-state index in [2.05, 4.69) is 50.2 Å². The second kappa shape index (κ2) is 9.15. The van der Waals surface area contributed by atoms with Crippen molar-refractivity contribution in [2.24, 2.45) is 23.2 Å². The van der Waals surface area contributed by atoms with E-state index in [1.165, 1.54) is 48.8 Å². The van der Waals surface area contributed by atoms with Gasteiger partial charge in [-0.1, -0.05) is 50.2 Å². The van der Waals surface area contributed by atoms with Gasteiger partial charge in [-0.3, -0.25) is 4.79 Å². The van der Waals surface area contributed by atoms with Crippen LogP contribution in [0, 0.1) is 23.2 Å². The molecule has 4 heteroatoms. The summed E-state index contributed by atoms with van der Waals surface area (Å²) in [5.41, 5.74) is 4.69. The van der Waals surface area contributed by atoms with E-state index in [1.807, 2.05) is 20.1 Å². The van der Waals surface area contributed by atoms with Crippen molar-refractivity contribution in [3.63, 3.8) is 0 Å². The third kappa shape index (κ3) is 3.47. The van der Waals surface area contributed by atoms with Gasteiger partial charge in [0.2, 0.25) is 0 Å². The molecule has 3 saturated carbocycles. The van der Waals surface area contributed by atoms with Crippen LogP contribution in [0.4, 0.5) is 0 Å². The Morgan fingerprint density at radius 1 is 1.05 bits per heavy atom. The predicted octanol–water partition coefficient (Wildman–Crippen LogP) is 6.80. The summed E-state index contributed by atoms with van der Waals surface area (Å²) in [6, 6.07) is 15.1. The molecule has 4 aliphatic rings. The Balaban J connectivity index is 1.44. The zero-order chi connectivity index (χ0) is 25.9. The van der Waals surface area contributed by atoms with Gasteiger partial charge in [0.1, 0.15) is 11.2 Å². The highest BCUT2D eigenvalue weighted by molar-refractivity contribution is 5.91. The standard InChI is InChI=1S/C33H42O4/c1-6-37-31(34)33(20(2)30(33)21-10-8-7-9-11-21)27-19-25-22(18-28(27)35-4)12-13-24-23(25)16-17-32(3)26(24)14-15-29(32)36-5/h7-11,18-20,23-24,26,29-30H,6,12-17H2,1-5H3/t20?,23-,24+,26-,29-,30?,32-,33?/m0/s1. The molecule has 37 heavy (non-hydrogen) atoms. The van der Waals surface area contributed by atoms with Gasteiger partial charge in [-0.25, -0.2) is 0 Å². The van der Waals surface area contributed by atoms with Gasteiger partial charge in [0.15, 0.2) is 0 Å². The van der Waals surface area contributed by atoms with E-state index in [0.717, 1.165) is 17.7 Å². The number of rotatable bonds is 6. The molecule has 0 aromatic heterocycles. The summed E-state index contributed by atoms with van der Waals surface area (Å²) < 4.78 is 17.8. The first-order valence-corrected chi connectivity index (χ1v) is 14.4. The van der Waals surface area contributed by atoms with E-state index in [9.17, 15) is 4.79 Å². The average Bonchev–Trinajstić information content (AvgIpc) is 3.39. The zero-order valence-corrected chi connectivity index (χ0v) is 23.1. The van der Waals surface area contributed by atoms with Crippen molar-refractivity contribution in [2.75, 3.05) is 20.8 Å². The van der Waals surface area contributed by atoms with Crippen molar-refractivity contribution >= 4 is 5.97 Å². The maximum Gasteiger partial charge on any atom is 0.317 e. The molecule has 0 saturated heterocycles. The molecule has 6 rings (SSSR count). The van der Waals surface area contributed by atoms with Crippen LogP contribution in [-0.2, 0) is 26.1 Å². The Morgan fingerprint density at radius 3 is 2.54 bits per heavy atom. The fourth-order valence-corrected chi connectivity index (χ4v) is 9.29. The normalized spacial score (nSPS) is 37.8. The molecule has 0 radical (unpaired) electrons. The number of carbonyl (C=O) groups excluding carboxylic acids is 1. The SMILES string of the molecule is CCOC(=O)C1(c2cc3c(cc2OC)CC[C@@H]2[C@@H]3CC[C@]3(C)[C@@H](OC)CC[C@@H]23)C(C)C1c1ccccc1. The van der Waals surface area contributed by atoms with E-state index in [-0.39, 0.29) is 23.2 Å². The van der Waals surface area contributed by atoms with Crippen LogP contribution in [0.25, 0.3) is 0 Å². The van der Waals surface area contributed by atoms with E-state index < -0.39 is 5.41 Å². The molecule has 4 aliphatic carbocycles. The number of aryl methyl sites for hydroxylation is 1. The van der Waals surface area contributed by atoms with Crippen LogP contribution in [0.5, 0.6) is 5.75 Å². The largest absolute Gasteiger partial charge is 0.496 e. The van der Waals surface area contributed by atoms with Crippen molar-refractivity contribution in [1.82, 2.24) is 0 Å². The topological polar surface area (TPSA) is 44.8 Å².